The lowest BCUT2D eigenvalue weighted by Crippen LogP contribution is -2.73. The molecule has 0 radical (unpaired) electrons. The molecule has 6 nitrogen and oxygen atoms in total. The van der Waals surface area contributed by atoms with E-state index in [9.17, 15) is 4.39 Å². The van der Waals surface area contributed by atoms with E-state index in [1.807, 2.05) is 12.4 Å². The van der Waals surface area contributed by atoms with Crippen molar-refractivity contribution < 1.29 is 9.71 Å². The molecule has 8 heteroatoms. The van der Waals surface area contributed by atoms with Crippen LogP contribution in [-0.2, 0) is 0 Å². The summed E-state index contributed by atoms with van der Waals surface area (Å²) < 4.78 is 15.3. The average Bonchev–Trinajstić information content (AvgIpc) is 2.87. The van der Waals surface area contributed by atoms with Crippen molar-refractivity contribution in [2.24, 2.45) is 0 Å². The van der Waals surface area contributed by atoms with Gasteiger partial charge in [0.25, 0.3) is 0 Å². The number of rotatable bonds is 4. The zero-order valence-electron chi connectivity index (χ0n) is 12.8. The minimum atomic E-state index is -0.337. The number of allylic oxidation sites excluding steroid dienone is 1. The lowest BCUT2D eigenvalue weighted by Gasteiger charge is -2.08. The Morgan fingerprint density at radius 3 is 2.67 bits per heavy atom. The highest BCUT2D eigenvalue weighted by atomic mass is 79.9. The van der Waals surface area contributed by atoms with Crippen LogP contribution in [0.25, 0.3) is 11.2 Å². The Balaban J connectivity index is 2.08. The van der Waals surface area contributed by atoms with Gasteiger partial charge in [-0.1, -0.05) is 0 Å². The second-order valence-electron chi connectivity index (χ2n) is 5.07. The number of nitrogens with two attached hydrogens (primary N) is 2. The van der Waals surface area contributed by atoms with E-state index in [0.29, 0.717) is 32.9 Å². The molecule has 5 N–H and O–H groups in total. The second kappa shape index (κ2) is 6.50. The van der Waals surface area contributed by atoms with E-state index in [2.05, 4.69) is 26.0 Å². The Morgan fingerprint density at radius 2 is 2.00 bits per heavy atom. The van der Waals surface area contributed by atoms with E-state index in [-0.39, 0.29) is 11.5 Å². The van der Waals surface area contributed by atoms with E-state index in [1.165, 1.54) is 12.1 Å². The van der Waals surface area contributed by atoms with E-state index in [0.717, 1.165) is 0 Å². The smallest absolute Gasteiger partial charge is 0.159 e. The van der Waals surface area contributed by atoms with Crippen LogP contribution in [0, 0.1) is 11.2 Å². The first-order valence-corrected chi connectivity index (χ1v) is 7.96. The van der Waals surface area contributed by atoms with Gasteiger partial charge in [-0.15, -0.1) is 0 Å². The van der Waals surface area contributed by atoms with Crippen molar-refractivity contribution in [1.29, 1.82) is 5.41 Å². The molecule has 0 aliphatic carbocycles. The SMILES string of the molecule is C[NH2+]C=C(C(=N)c1ccc(F)cc1)c1ccc2nc(N)c(Br)n2n1. The number of halogens is 2. The Labute approximate surface area is 145 Å². The topological polar surface area (TPSA) is 96.7 Å². The number of nitrogens with zero attached hydrogens (tertiary/aromatic N) is 3. The largest absolute Gasteiger partial charge is 0.381 e. The quantitative estimate of drug-likeness (QED) is 0.593. The monoisotopic (exact) mass is 389 g/mol. The number of aromatic nitrogens is 3. The summed E-state index contributed by atoms with van der Waals surface area (Å²) >= 11 is 3.35. The molecule has 2 aromatic heterocycles. The molecule has 0 atom stereocenters. The van der Waals surface area contributed by atoms with Crippen molar-refractivity contribution in [2.75, 3.05) is 12.8 Å². The number of benzene rings is 1. The Bertz CT molecular complexity index is 945. The van der Waals surface area contributed by atoms with Crippen LogP contribution in [0.15, 0.2) is 47.2 Å². The standard InChI is InChI=1S/C16H14BrFN6/c1-21-8-11(14(19)9-2-4-10(18)5-3-9)12-6-7-13-22-16(20)15(17)24(13)23-12/h2-8,19,21H,20H2,1H3/p+1. The van der Waals surface area contributed by atoms with Gasteiger partial charge in [-0.2, -0.15) is 5.10 Å². The third-order valence-corrected chi connectivity index (χ3v) is 4.20. The summed E-state index contributed by atoms with van der Waals surface area (Å²) in [5, 5.41) is 14.8. The van der Waals surface area contributed by atoms with Gasteiger partial charge >= 0.3 is 0 Å². The maximum atomic E-state index is 13.1. The fraction of sp³-hybridized carbons (Fsp3) is 0.0625. The lowest BCUT2D eigenvalue weighted by atomic mass is 10.0. The number of imidazole rings is 1. The van der Waals surface area contributed by atoms with Crippen molar-refractivity contribution in [3.63, 3.8) is 0 Å². The van der Waals surface area contributed by atoms with Crippen molar-refractivity contribution in [3.8, 4) is 0 Å². The molecule has 2 heterocycles. The van der Waals surface area contributed by atoms with Crippen LogP contribution in [-0.4, -0.2) is 27.4 Å². The number of quaternary nitrogens is 1. The Morgan fingerprint density at radius 1 is 1.29 bits per heavy atom. The zero-order valence-corrected chi connectivity index (χ0v) is 14.4. The van der Waals surface area contributed by atoms with Crippen molar-refractivity contribution in [2.45, 2.75) is 0 Å². The molecule has 0 amide bonds. The second-order valence-corrected chi connectivity index (χ2v) is 5.82. The molecular formula is C16H15BrFN6+. The lowest BCUT2D eigenvalue weighted by molar-refractivity contribution is -0.555. The van der Waals surface area contributed by atoms with E-state index in [1.54, 1.807) is 35.0 Å². The molecule has 3 rings (SSSR count). The van der Waals surface area contributed by atoms with Gasteiger partial charge in [-0.3, -0.25) is 5.41 Å². The van der Waals surface area contributed by atoms with Gasteiger partial charge in [0, 0.05) is 5.56 Å². The first-order valence-electron chi connectivity index (χ1n) is 7.17. The number of nitrogens with one attached hydrogen (secondary N) is 1. The normalized spacial score (nSPS) is 11.9. The molecule has 0 aliphatic rings. The fourth-order valence-electron chi connectivity index (χ4n) is 2.30. The molecule has 0 aliphatic heterocycles. The molecular weight excluding hydrogens is 375 g/mol. The van der Waals surface area contributed by atoms with Crippen LogP contribution in [0.2, 0.25) is 0 Å². The highest BCUT2D eigenvalue weighted by molar-refractivity contribution is 9.10. The number of anilines is 1. The molecule has 0 saturated heterocycles. The molecule has 1 aromatic carbocycles. The van der Waals surface area contributed by atoms with Gasteiger partial charge < -0.3 is 11.1 Å². The number of fused-ring (bicyclic) bond motifs is 1. The van der Waals surface area contributed by atoms with Gasteiger partial charge in [-0.05, 0) is 52.3 Å². The van der Waals surface area contributed by atoms with E-state index in [4.69, 9.17) is 11.1 Å². The summed E-state index contributed by atoms with van der Waals surface area (Å²) in [6, 6.07) is 9.38. The van der Waals surface area contributed by atoms with Crippen LogP contribution in [0.1, 0.15) is 11.3 Å². The number of nitrogen functional groups attached to an aromatic ring is 1. The predicted molar refractivity (Wildman–Crippen MR) is 94.2 cm³/mol. The minimum absolute atomic E-state index is 0.254. The van der Waals surface area contributed by atoms with Gasteiger partial charge in [0.15, 0.2) is 16.1 Å². The van der Waals surface area contributed by atoms with Gasteiger partial charge in [-0.25, -0.2) is 13.9 Å². The summed E-state index contributed by atoms with van der Waals surface area (Å²) in [5.41, 5.74) is 8.46. The zero-order chi connectivity index (χ0) is 17.3. The predicted octanol–water partition coefficient (Wildman–Crippen LogP) is 1.82. The first kappa shape index (κ1) is 16.3. The van der Waals surface area contributed by atoms with E-state index >= 15 is 0 Å². The van der Waals surface area contributed by atoms with Crippen LogP contribution >= 0.6 is 15.9 Å². The Hall–Kier alpha value is -2.58. The number of hydrogen-bond donors (Lipinski definition) is 3. The van der Waals surface area contributed by atoms with Crippen LogP contribution < -0.4 is 11.1 Å². The third-order valence-electron chi connectivity index (χ3n) is 3.46. The number of hydrogen-bond acceptors (Lipinski definition) is 4. The van der Waals surface area contributed by atoms with Crippen LogP contribution in [0.4, 0.5) is 10.2 Å². The van der Waals surface area contributed by atoms with Crippen LogP contribution in [0.5, 0.6) is 0 Å². The molecule has 3 aromatic rings. The third kappa shape index (κ3) is 2.93. The molecule has 24 heavy (non-hydrogen) atoms. The summed E-state index contributed by atoms with van der Waals surface area (Å²) in [4.78, 5) is 4.18. The highest BCUT2D eigenvalue weighted by Crippen LogP contribution is 2.23. The fourth-order valence-corrected chi connectivity index (χ4v) is 2.65. The van der Waals surface area contributed by atoms with Gasteiger partial charge in [0.05, 0.1) is 24.0 Å². The first-order chi connectivity index (χ1) is 11.5. The van der Waals surface area contributed by atoms with E-state index < -0.39 is 0 Å². The van der Waals surface area contributed by atoms with Crippen molar-refractivity contribution in [3.05, 3.63) is 64.3 Å². The average molecular weight is 390 g/mol. The molecule has 0 fully saturated rings. The van der Waals surface area contributed by atoms with Crippen LogP contribution in [0.3, 0.4) is 0 Å². The summed E-state index contributed by atoms with van der Waals surface area (Å²) in [7, 11) is 1.86. The maximum Gasteiger partial charge on any atom is 0.159 e. The molecule has 0 spiro atoms. The maximum absolute atomic E-state index is 13.1. The van der Waals surface area contributed by atoms with Crippen molar-refractivity contribution in [1.82, 2.24) is 14.6 Å². The molecule has 0 unspecified atom stereocenters. The highest BCUT2D eigenvalue weighted by Gasteiger charge is 2.16. The molecule has 122 valence electrons. The Kier molecular flexibility index (Phi) is 4.41. The van der Waals surface area contributed by atoms with Gasteiger partial charge in [0.1, 0.15) is 12.0 Å². The molecule has 0 bridgehead atoms. The van der Waals surface area contributed by atoms with Gasteiger partial charge in [0.2, 0.25) is 0 Å². The summed E-state index contributed by atoms with van der Waals surface area (Å²) in [5.74, 6) is 0.0114. The summed E-state index contributed by atoms with van der Waals surface area (Å²) in [6.07, 6.45) is 1.80. The van der Waals surface area contributed by atoms with Crippen molar-refractivity contribution >= 4 is 38.7 Å². The summed E-state index contributed by atoms with van der Waals surface area (Å²) in [6.45, 7) is 0. The minimum Gasteiger partial charge on any atom is -0.381 e. The molecule has 0 saturated carbocycles.